The van der Waals surface area contributed by atoms with Crippen molar-refractivity contribution in [3.63, 3.8) is 0 Å². The van der Waals surface area contributed by atoms with Crippen molar-refractivity contribution in [3.05, 3.63) is 53.1 Å². The fourth-order valence-corrected chi connectivity index (χ4v) is 3.27. The predicted octanol–water partition coefficient (Wildman–Crippen LogP) is 4.65. The summed E-state index contributed by atoms with van der Waals surface area (Å²) >= 11 is 0. The maximum absolute atomic E-state index is 12.8. The van der Waals surface area contributed by atoms with Crippen LogP contribution < -0.4 is 19.5 Å². The van der Waals surface area contributed by atoms with Crippen molar-refractivity contribution in [2.45, 2.75) is 47.7 Å². The molecule has 0 bridgehead atoms. The van der Waals surface area contributed by atoms with Crippen LogP contribution in [0.2, 0.25) is 0 Å². The van der Waals surface area contributed by atoms with Gasteiger partial charge in [0.05, 0.1) is 19.8 Å². The molecule has 6 nitrogen and oxygen atoms in total. The van der Waals surface area contributed by atoms with Gasteiger partial charge in [0.25, 0.3) is 5.91 Å². The van der Waals surface area contributed by atoms with Crippen LogP contribution in [0.3, 0.4) is 0 Å². The van der Waals surface area contributed by atoms with E-state index in [2.05, 4.69) is 48.3 Å². The molecular formula is C25H36N2O4. The molecule has 0 spiro atoms. The number of carbonyl (C=O) groups is 1. The molecule has 0 fully saturated rings. The Morgan fingerprint density at radius 3 is 1.81 bits per heavy atom. The Morgan fingerprint density at radius 1 is 0.806 bits per heavy atom. The van der Waals surface area contributed by atoms with E-state index in [0.29, 0.717) is 49.2 Å². The second-order valence-electron chi connectivity index (χ2n) is 7.06. The fraction of sp³-hybridized carbons (Fsp3) is 0.480. The summed E-state index contributed by atoms with van der Waals surface area (Å²) < 4.78 is 17.1. The molecule has 0 saturated carbocycles. The van der Waals surface area contributed by atoms with Crippen LogP contribution in [0.4, 0.5) is 0 Å². The second-order valence-corrected chi connectivity index (χ2v) is 7.06. The molecule has 0 aliphatic carbocycles. The molecule has 6 heteroatoms. The number of hydrogen-bond donors (Lipinski definition) is 1. The molecule has 1 amide bonds. The van der Waals surface area contributed by atoms with Crippen molar-refractivity contribution in [2.75, 3.05) is 32.9 Å². The zero-order valence-corrected chi connectivity index (χ0v) is 19.5. The molecule has 0 saturated heterocycles. The number of carbonyl (C=O) groups excluding carboxylic acids is 1. The van der Waals surface area contributed by atoms with Crippen molar-refractivity contribution in [1.29, 1.82) is 0 Å². The molecule has 0 aliphatic rings. The molecule has 0 atom stereocenters. The summed E-state index contributed by atoms with van der Waals surface area (Å²) in [4.78, 5) is 15.2. The molecule has 0 aromatic heterocycles. The van der Waals surface area contributed by atoms with Gasteiger partial charge in [-0.05, 0) is 57.1 Å². The molecule has 2 aromatic rings. The van der Waals surface area contributed by atoms with Crippen LogP contribution in [-0.2, 0) is 13.1 Å². The fourth-order valence-electron chi connectivity index (χ4n) is 3.27. The summed E-state index contributed by atoms with van der Waals surface area (Å²) in [5.41, 5.74) is 2.80. The van der Waals surface area contributed by atoms with E-state index in [1.807, 2.05) is 20.8 Å². The highest BCUT2D eigenvalue weighted by molar-refractivity contribution is 5.95. The Labute approximate surface area is 186 Å². The Bertz CT molecular complexity index is 790. The minimum atomic E-state index is -0.183. The van der Waals surface area contributed by atoms with Gasteiger partial charge in [-0.1, -0.05) is 38.1 Å². The first kappa shape index (κ1) is 24.5. The zero-order chi connectivity index (χ0) is 22.6. The van der Waals surface area contributed by atoms with Crippen molar-refractivity contribution in [3.8, 4) is 17.2 Å². The van der Waals surface area contributed by atoms with Crippen molar-refractivity contribution >= 4 is 5.91 Å². The van der Waals surface area contributed by atoms with Gasteiger partial charge in [-0.3, -0.25) is 9.69 Å². The van der Waals surface area contributed by atoms with Crippen LogP contribution in [0.5, 0.6) is 17.2 Å². The Kier molecular flexibility index (Phi) is 10.2. The number of nitrogens with one attached hydrogen (secondary N) is 1. The highest BCUT2D eigenvalue weighted by atomic mass is 16.5. The molecule has 2 rings (SSSR count). The summed E-state index contributed by atoms with van der Waals surface area (Å²) in [5.74, 6) is 1.38. The lowest BCUT2D eigenvalue weighted by Gasteiger charge is -2.18. The monoisotopic (exact) mass is 428 g/mol. The lowest BCUT2D eigenvalue weighted by molar-refractivity contribution is 0.0949. The third-order valence-corrected chi connectivity index (χ3v) is 4.95. The Balaban J connectivity index is 2.10. The molecule has 0 unspecified atom stereocenters. The number of rotatable bonds is 13. The van der Waals surface area contributed by atoms with E-state index in [-0.39, 0.29) is 5.91 Å². The van der Waals surface area contributed by atoms with Crippen molar-refractivity contribution in [2.24, 2.45) is 0 Å². The number of ether oxygens (including phenoxy) is 3. The van der Waals surface area contributed by atoms with E-state index in [1.54, 1.807) is 12.1 Å². The first-order valence-corrected chi connectivity index (χ1v) is 11.2. The number of nitrogens with zero attached hydrogens (tertiary/aromatic N) is 1. The van der Waals surface area contributed by atoms with Crippen LogP contribution in [0.1, 0.15) is 56.1 Å². The highest BCUT2D eigenvalue weighted by Crippen LogP contribution is 2.39. The van der Waals surface area contributed by atoms with Crippen LogP contribution in [0, 0.1) is 0 Å². The van der Waals surface area contributed by atoms with Gasteiger partial charge < -0.3 is 19.5 Å². The van der Waals surface area contributed by atoms with Crippen LogP contribution in [0.25, 0.3) is 0 Å². The summed E-state index contributed by atoms with van der Waals surface area (Å²) in [6.45, 7) is 14.9. The maximum atomic E-state index is 12.8. The molecule has 1 N–H and O–H groups in total. The summed E-state index contributed by atoms with van der Waals surface area (Å²) in [7, 11) is 0. The molecule has 0 aliphatic heterocycles. The van der Waals surface area contributed by atoms with E-state index >= 15 is 0 Å². The lowest BCUT2D eigenvalue weighted by atomic mass is 10.1. The maximum Gasteiger partial charge on any atom is 0.251 e. The first-order chi connectivity index (χ1) is 15.1. The molecule has 0 heterocycles. The standard InChI is InChI=1S/C25H36N2O4/c1-6-27(7-2)18-20-13-11-19(12-14-20)17-26-25(28)21-15-22(29-8-3)24(31-10-5)23(16-21)30-9-4/h11-16H,6-10,17-18H2,1-5H3,(H,26,28). The predicted molar refractivity (Wildman–Crippen MR) is 124 cm³/mol. The number of hydrogen-bond acceptors (Lipinski definition) is 5. The zero-order valence-electron chi connectivity index (χ0n) is 19.5. The Hall–Kier alpha value is -2.73. The van der Waals surface area contributed by atoms with Gasteiger partial charge >= 0.3 is 0 Å². The topological polar surface area (TPSA) is 60.0 Å². The van der Waals surface area contributed by atoms with Gasteiger partial charge in [0.2, 0.25) is 5.75 Å². The lowest BCUT2D eigenvalue weighted by Crippen LogP contribution is -2.23. The van der Waals surface area contributed by atoms with Gasteiger partial charge in [0, 0.05) is 18.7 Å². The van der Waals surface area contributed by atoms with E-state index in [1.165, 1.54) is 5.56 Å². The molecule has 2 aromatic carbocycles. The minimum Gasteiger partial charge on any atom is -0.490 e. The summed E-state index contributed by atoms with van der Waals surface area (Å²) in [6, 6.07) is 11.8. The van der Waals surface area contributed by atoms with Gasteiger partial charge in [-0.25, -0.2) is 0 Å². The SMILES string of the molecule is CCOc1cc(C(=O)NCc2ccc(CN(CC)CC)cc2)cc(OCC)c1OCC. The van der Waals surface area contributed by atoms with E-state index in [9.17, 15) is 4.79 Å². The van der Waals surface area contributed by atoms with Gasteiger partial charge in [0.15, 0.2) is 11.5 Å². The minimum absolute atomic E-state index is 0.183. The molecule has 31 heavy (non-hydrogen) atoms. The Morgan fingerprint density at radius 2 is 1.32 bits per heavy atom. The smallest absolute Gasteiger partial charge is 0.251 e. The quantitative estimate of drug-likeness (QED) is 0.503. The van der Waals surface area contributed by atoms with E-state index < -0.39 is 0 Å². The molecular weight excluding hydrogens is 392 g/mol. The number of amides is 1. The van der Waals surface area contributed by atoms with Crippen LogP contribution >= 0.6 is 0 Å². The molecule has 0 radical (unpaired) electrons. The second kappa shape index (κ2) is 12.8. The van der Waals surface area contributed by atoms with Crippen molar-refractivity contribution < 1.29 is 19.0 Å². The van der Waals surface area contributed by atoms with E-state index in [0.717, 1.165) is 25.2 Å². The third-order valence-electron chi connectivity index (χ3n) is 4.95. The summed E-state index contributed by atoms with van der Waals surface area (Å²) in [5, 5.41) is 2.99. The average Bonchev–Trinajstić information content (AvgIpc) is 2.78. The van der Waals surface area contributed by atoms with Crippen LogP contribution in [0.15, 0.2) is 36.4 Å². The van der Waals surface area contributed by atoms with Crippen molar-refractivity contribution in [1.82, 2.24) is 10.2 Å². The summed E-state index contributed by atoms with van der Waals surface area (Å²) in [6.07, 6.45) is 0. The van der Waals surface area contributed by atoms with Crippen LogP contribution in [-0.4, -0.2) is 43.7 Å². The normalized spacial score (nSPS) is 10.8. The van der Waals surface area contributed by atoms with Gasteiger partial charge in [-0.2, -0.15) is 0 Å². The van der Waals surface area contributed by atoms with Gasteiger partial charge in [0.1, 0.15) is 0 Å². The third kappa shape index (κ3) is 7.17. The van der Waals surface area contributed by atoms with E-state index in [4.69, 9.17) is 14.2 Å². The first-order valence-electron chi connectivity index (χ1n) is 11.2. The van der Waals surface area contributed by atoms with Gasteiger partial charge in [-0.15, -0.1) is 0 Å². The highest BCUT2D eigenvalue weighted by Gasteiger charge is 2.18. The molecule has 170 valence electrons. The largest absolute Gasteiger partial charge is 0.490 e. The average molecular weight is 429 g/mol. The number of benzene rings is 2.